The van der Waals surface area contributed by atoms with Crippen LogP contribution in [0.1, 0.15) is 29.2 Å². The highest BCUT2D eigenvalue weighted by Crippen LogP contribution is 2.31. The number of benzene rings is 3. The molecule has 0 bridgehead atoms. The summed E-state index contributed by atoms with van der Waals surface area (Å²) >= 11 is 0. The number of nitriles is 1. The first-order valence-corrected chi connectivity index (χ1v) is 11.3. The Morgan fingerprint density at radius 2 is 1.72 bits per heavy atom. The lowest BCUT2D eigenvalue weighted by molar-refractivity contribution is -0.122. The maximum atomic E-state index is 13.1. The fraction of sp³-hybridized carbons (Fsp3) is 0.143. The van der Waals surface area contributed by atoms with Crippen molar-refractivity contribution in [2.24, 2.45) is 0 Å². The van der Waals surface area contributed by atoms with Gasteiger partial charge in [-0.1, -0.05) is 42.0 Å². The summed E-state index contributed by atoms with van der Waals surface area (Å²) in [6.07, 6.45) is 1.41. The maximum absolute atomic E-state index is 13.1. The van der Waals surface area contributed by atoms with Crippen LogP contribution in [0.15, 0.2) is 72.3 Å². The zero-order chi connectivity index (χ0) is 25.7. The number of ether oxygens (including phenoxy) is 2. The van der Waals surface area contributed by atoms with Gasteiger partial charge in [-0.15, -0.1) is 0 Å². The molecule has 0 radical (unpaired) electrons. The van der Waals surface area contributed by atoms with Crippen LogP contribution in [0.2, 0.25) is 0 Å². The molecule has 1 aliphatic rings. The first-order chi connectivity index (χ1) is 17.4. The number of rotatable bonds is 7. The third-order valence-electron chi connectivity index (χ3n) is 5.49. The average molecular weight is 482 g/mol. The number of imide groups is 2. The number of barbiturate groups is 1. The number of nitrogens with zero attached hydrogens (tertiary/aromatic N) is 2. The van der Waals surface area contributed by atoms with Gasteiger partial charge in [-0.05, 0) is 55.8 Å². The highest BCUT2D eigenvalue weighted by atomic mass is 16.5. The molecule has 1 aliphatic heterocycles. The van der Waals surface area contributed by atoms with E-state index in [9.17, 15) is 19.6 Å². The number of anilines is 1. The maximum Gasteiger partial charge on any atom is 0.335 e. The normalized spacial score (nSPS) is 14.4. The van der Waals surface area contributed by atoms with Crippen molar-refractivity contribution < 1.29 is 23.9 Å². The van der Waals surface area contributed by atoms with Crippen LogP contribution in [0.3, 0.4) is 0 Å². The van der Waals surface area contributed by atoms with Crippen LogP contribution in [0.4, 0.5) is 10.5 Å². The Morgan fingerprint density at radius 3 is 2.44 bits per heavy atom. The van der Waals surface area contributed by atoms with Crippen molar-refractivity contribution in [1.82, 2.24) is 5.32 Å². The number of aryl methyl sites for hydroxylation is 1. The van der Waals surface area contributed by atoms with E-state index >= 15 is 0 Å². The Kier molecular flexibility index (Phi) is 7.12. The van der Waals surface area contributed by atoms with Gasteiger partial charge in [0, 0.05) is 5.56 Å². The van der Waals surface area contributed by atoms with Gasteiger partial charge in [0.25, 0.3) is 11.8 Å². The zero-order valence-electron chi connectivity index (χ0n) is 19.8. The molecule has 1 saturated heterocycles. The molecule has 3 aromatic carbocycles. The number of carbonyl (C=O) groups excluding carboxylic acids is 3. The molecule has 1 fully saturated rings. The fourth-order valence-corrected chi connectivity index (χ4v) is 3.67. The van der Waals surface area contributed by atoms with Crippen LogP contribution in [-0.2, 0) is 16.2 Å². The molecule has 36 heavy (non-hydrogen) atoms. The van der Waals surface area contributed by atoms with E-state index in [0.717, 1.165) is 16.0 Å². The first kappa shape index (κ1) is 24.2. The summed E-state index contributed by atoms with van der Waals surface area (Å²) in [5.74, 6) is -0.641. The fourth-order valence-electron chi connectivity index (χ4n) is 3.67. The van der Waals surface area contributed by atoms with Gasteiger partial charge in [-0.3, -0.25) is 14.9 Å². The predicted molar refractivity (Wildman–Crippen MR) is 133 cm³/mol. The van der Waals surface area contributed by atoms with Crippen LogP contribution >= 0.6 is 0 Å². The van der Waals surface area contributed by atoms with Crippen molar-refractivity contribution >= 4 is 29.6 Å². The Morgan fingerprint density at radius 1 is 0.972 bits per heavy atom. The molecule has 4 amide bonds. The van der Waals surface area contributed by atoms with Crippen molar-refractivity contribution in [3.05, 3.63) is 94.6 Å². The minimum absolute atomic E-state index is 0.165. The van der Waals surface area contributed by atoms with E-state index in [4.69, 9.17) is 9.47 Å². The standard InChI is InChI=1S/C28H23N3O5/c1-3-35-25-15-19(10-13-24(25)36-17-21-7-5-4-6-20(21)16-29)14-23-26(32)30-28(34)31(27(23)33)22-11-8-18(2)9-12-22/h4-15H,3,17H2,1-2H3,(H,30,32,34)/b23-14+. The molecule has 4 rings (SSSR count). The van der Waals surface area contributed by atoms with E-state index in [2.05, 4.69) is 11.4 Å². The molecular weight excluding hydrogens is 458 g/mol. The van der Waals surface area contributed by atoms with Gasteiger partial charge in [-0.25, -0.2) is 9.69 Å². The lowest BCUT2D eigenvalue weighted by atomic mass is 10.1. The average Bonchev–Trinajstić information content (AvgIpc) is 2.87. The second-order valence-corrected chi connectivity index (χ2v) is 7.99. The van der Waals surface area contributed by atoms with Crippen molar-refractivity contribution in [2.75, 3.05) is 11.5 Å². The number of amides is 4. The van der Waals surface area contributed by atoms with Gasteiger partial charge >= 0.3 is 6.03 Å². The molecule has 1 heterocycles. The third-order valence-corrected chi connectivity index (χ3v) is 5.49. The van der Waals surface area contributed by atoms with Crippen molar-refractivity contribution in [3.8, 4) is 17.6 Å². The van der Waals surface area contributed by atoms with Crippen LogP contribution in [0.5, 0.6) is 11.5 Å². The highest BCUT2D eigenvalue weighted by Gasteiger charge is 2.36. The Hall–Kier alpha value is -4.90. The van der Waals surface area contributed by atoms with Gasteiger partial charge in [0.2, 0.25) is 0 Å². The second-order valence-electron chi connectivity index (χ2n) is 7.99. The second kappa shape index (κ2) is 10.6. The molecule has 0 spiro atoms. The van der Waals surface area contributed by atoms with E-state index in [1.54, 1.807) is 54.6 Å². The minimum Gasteiger partial charge on any atom is -0.490 e. The summed E-state index contributed by atoms with van der Waals surface area (Å²) in [4.78, 5) is 39.0. The lowest BCUT2D eigenvalue weighted by Gasteiger charge is -2.26. The Bertz CT molecular complexity index is 1400. The smallest absolute Gasteiger partial charge is 0.335 e. The monoisotopic (exact) mass is 481 g/mol. The summed E-state index contributed by atoms with van der Waals surface area (Å²) in [6.45, 7) is 4.24. The molecular formula is C28H23N3O5. The minimum atomic E-state index is -0.803. The molecule has 0 unspecified atom stereocenters. The molecule has 3 aromatic rings. The van der Waals surface area contributed by atoms with Crippen LogP contribution < -0.4 is 19.7 Å². The summed E-state index contributed by atoms with van der Waals surface area (Å²) in [7, 11) is 0. The molecule has 0 aromatic heterocycles. The number of urea groups is 1. The van der Waals surface area contributed by atoms with E-state index in [1.807, 2.05) is 26.0 Å². The first-order valence-electron chi connectivity index (χ1n) is 11.3. The lowest BCUT2D eigenvalue weighted by Crippen LogP contribution is -2.54. The van der Waals surface area contributed by atoms with Crippen LogP contribution in [-0.4, -0.2) is 24.5 Å². The van der Waals surface area contributed by atoms with Crippen LogP contribution in [0.25, 0.3) is 6.08 Å². The quantitative estimate of drug-likeness (QED) is 0.393. The Labute approximate surface area is 208 Å². The van der Waals surface area contributed by atoms with Gasteiger partial charge < -0.3 is 9.47 Å². The number of hydrogen-bond donors (Lipinski definition) is 1. The van der Waals surface area contributed by atoms with Crippen molar-refractivity contribution in [3.63, 3.8) is 0 Å². The predicted octanol–water partition coefficient (Wildman–Crippen LogP) is 4.51. The number of carbonyl (C=O) groups is 3. The number of hydrogen-bond acceptors (Lipinski definition) is 6. The van der Waals surface area contributed by atoms with Gasteiger partial charge in [0.15, 0.2) is 11.5 Å². The molecule has 0 atom stereocenters. The zero-order valence-corrected chi connectivity index (χ0v) is 19.8. The molecule has 180 valence electrons. The SMILES string of the molecule is CCOc1cc(/C=C2\C(=O)NC(=O)N(c3ccc(C)cc3)C2=O)ccc1OCc1ccccc1C#N. The Balaban J connectivity index is 1.62. The summed E-state index contributed by atoms with van der Waals surface area (Å²) in [5.41, 5.74) is 2.91. The highest BCUT2D eigenvalue weighted by molar-refractivity contribution is 6.39. The molecule has 1 N–H and O–H groups in total. The van der Waals surface area contributed by atoms with E-state index in [-0.39, 0.29) is 12.2 Å². The van der Waals surface area contributed by atoms with E-state index in [1.165, 1.54) is 6.08 Å². The summed E-state index contributed by atoms with van der Waals surface area (Å²) in [6, 6.07) is 20.3. The molecule has 0 aliphatic carbocycles. The van der Waals surface area contributed by atoms with Gasteiger partial charge in [-0.2, -0.15) is 5.26 Å². The van der Waals surface area contributed by atoms with E-state index in [0.29, 0.717) is 34.9 Å². The van der Waals surface area contributed by atoms with Gasteiger partial charge in [0.1, 0.15) is 12.2 Å². The third kappa shape index (κ3) is 5.10. The van der Waals surface area contributed by atoms with Gasteiger partial charge in [0.05, 0.1) is 23.9 Å². The number of nitrogens with one attached hydrogen (secondary N) is 1. The van der Waals surface area contributed by atoms with Crippen molar-refractivity contribution in [1.29, 1.82) is 5.26 Å². The molecule has 8 heteroatoms. The topological polar surface area (TPSA) is 109 Å². The molecule has 8 nitrogen and oxygen atoms in total. The van der Waals surface area contributed by atoms with Crippen molar-refractivity contribution in [2.45, 2.75) is 20.5 Å². The largest absolute Gasteiger partial charge is 0.490 e. The summed E-state index contributed by atoms with van der Waals surface area (Å²) in [5, 5.41) is 11.5. The summed E-state index contributed by atoms with van der Waals surface area (Å²) < 4.78 is 11.6. The molecule has 0 saturated carbocycles. The van der Waals surface area contributed by atoms with E-state index < -0.39 is 17.8 Å². The van der Waals surface area contributed by atoms with Crippen LogP contribution in [0, 0.1) is 18.3 Å².